The molecule has 0 spiro atoms. The van der Waals surface area contributed by atoms with Gasteiger partial charge in [-0.25, -0.2) is 18.4 Å². The third-order valence-corrected chi connectivity index (χ3v) is 8.15. The monoisotopic (exact) mass is 529 g/mol. The van der Waals surface area contributed by atoms with E-state index in [1.165, 1.54) is 12.0 Å². The molecule has 204 valence electrons. The van der Waals surface area contributed by atoms with Crippen molar-refractivity contribution in [1.29, 1.82) is 0 Å². The zero-order chi connectivity index (χ0) is 27.6. The van der Waals surface area contributed by atoms with Crippen molar-refractivity contribution in [2.24, 2.45) is 7.05 Å². The number of ether oxygens (including phenoxy) is 1. The van der Waals surface area contributed by atoms with Crippen LogP contribution in [0, 0.1) is 13.8 Å². The summed E-state index contributed by atoms with van der Waals surface area (Å²) in [7, 11) is 0.0978. The highest BCUT2D eigenvalue weighted by Crippen LogP contribution is 2.28. The second kappa shape index (κ2) is 14.3. The number of piperidine rings is 1. The fraction of sp³-hybridized carbons (Fsp3) is 0.500. The summed E-state index contributed by atoms with van der Waals surface area (Å²) in [6, 6.07) is 9.62. The van der Waals surface area contributed by atoms with Gasteiger partial charge in [0.25, 0.3) is 0 Å². The zero-order valence-electron chi connectivity index (χ0n) is 23.6. The van der Waals surface area contributed by atoms with Gasteiger partial charge in [0.05, 0.1) is 45.7 Å². The number of rotatable bonds is 3. The number of sulfonamides is 1. The van der Waals surface area contributed by atoms with Crippen LogP contribution in [0.15, 0.2) is 47.9 Å². The number of imidazole rings is 2. The van der Waals surface area contributed by atoms with Crippen molar-refractivity contribution >= 4 is 32.1 Å². The van der Waals surface area contributed by atoms with Gasteiger partial charge in [-0.3, -0.25) is 0 Å². The Morgan fingerprint density at radius 1 is 1.03 bits per heavy atom. The Morgan fingerprint density at radius 2 is 1.68 bits per heavy atom. The van der Waals surface area contributed by atoms with E-state index in [2.05, 4.69) is 41.8 Å². The number of methoxy groups -OCH3 is 1. The second-order valence-electron chi connectivity index (χ2n) is 8.83. The van der Waals surface area contributed by atoms with E-state index < -0.39 is 10.0 Å². The first kappa shape index (κ1) is 30.5. The Balaban J connectivity index is 0.000000265. The lowest BCUT2D eigenvalue weighted by Gasteiger charge is -2.30. The first-order valence-corrected chi connectivity index (χ1v) is 14.5. The molecule has 0 saturated carbocycles. The standard InChI is InChI=1S/C15H21N3O3S.C8H8N2.C3H8.C2H6/c1-11-14(5-4-13-15(11)16-10-17(13)2)22(19,20)18-8-6-12(21-3)7-9-18;1-6-3-2-4-7-8(6)10-5-9-7;1-3-2;1-2/h4-5,10,12H,6-9H2,1-3H3;2-5H,1H3,(H,9,10);3H2,1-2H3;1-2H3. The van der Waals surface area contributed by atoms with Crippen molar-refractivity contribution < 1.29 is 13.2 Å². The highest BCUT2D eigenvalue weighted by atomic mass is 32.2. The van der Waals surface area contributed by atoms with Gasteiger partial charge < -0.3 is 14.3 Å². The minimum atomic E-state index is -3.48. The third kappa shape index (κ3) is 7.18. The molecule has 1 saturated heterocycles. The quantitative estimate of drug-likeness (QED) is 0.352. The van der Waals surface area contributed by atoms with Crippen LogP contribution in [0.3, 0.4) is 0 Å². The molecule has 3 heterocycles. The first-order chi connectivity index (χ1) is 17.7. The number of aromatic amines is 1. The largest absolute Gasteiger partial charge is 0.381 e. The van der Waals surface area contributed by atoms with Crippen LogP contribution < -0.4 is 0 Å². The average molecular weight is 530 g/mol. The molecule has 1 N–H and O–H groups in total. The minimum absolute atomic E-state index is 0.158. The van der Waals surface area contributed by atoms with Crippen LogP contribution in [0.5, 0.6) is 0 Å². The summed E-state index contributed by atoms with van der Waals surface area (Å²) in [5, 5.41) is 0. The summed E-state index contributed by atoms with van der Waals surface area (Å²) in [5.74, 6) is 0. The van der Waals surface area contributed by atoms with Gasteiger partial charge in [-0.2, -0.15) is 4.31 Å². The van der Waals surface area contributed by atoms with Crippen LogP contribution >= 0.6 is 0 Å². The molecule has 0 amide bonds. The zero-order valence-corrected chi connectivity index (χ0v) is 24.4. The lowest BCUT2D eigenvalue weighted by Crippen LogP contribution is -2.40. The van der Waals surface area contributed by atoms with Crippen LogP contribution in [-0.2, 0) is 21.8 Å². The second-order valence-corrected chi connectivity index (χ2v) is 10.7. The number of aromatic nitrogens is 4. The number of nitrogens with one attached hydrogen (secondary N) is 1. The van der Waals surface area contributed by atoms with Gasteiger partial charge >= 0.3 is 0 Å². The molecular weight excluding hydrogens is 486 g/mol. The smallest absolute Gasteiger partial charge is 0.243 e. The third-order valence-electron chi connectivity index (χ3n) is 6.10. The van der Waals surface area contributed by atoms with E-state index in [-0.39, 0.29) is 6.10 Å². The fourth-order valence-corrected chi connectivity index (χ4v) is 5.85. The summed E-state index contributed by atoms with van der Waals surface area (Å²) in [4.78, 5) is 11.9. The van der Waals surface area contributed by atoms with Crippen LogP contribution in [0.4, 0.5) is 0 Å². The number of para-hydroxylation sites is 1. The van der Waals surface area contributed by atoms with E-state index in [1.54, 1.807) is 30.1 Å². The Kier molecular flexibility index (Phi) is 11.7. The van der Waals surface area contributed by atoms with E-state index in [9.17, 15) is 8.42 Å². The van der Waals surface area contributed by atoms with Crippen LogP contribution in [0.1, 0.15) is 58.1 Å². The Hall–Kier alpha value is -2.75. The molecule has 9 heteroatoms. The van der Waals surface area contributed by atoms with Gasteiger partial charge in [-0.05, 0) is 56.0 Å². The van der Waals surface area contributed by atoms with Crippen molar-refractivity contribution in [2.75, 3.05) is 20.2 Å². The SMILES string of the molecule is CC.CCC.COC1CCN(S(=O)(=O)c2ccc3c(ncn3C)c2C)CC1.Cc1cccc2[nH]cnc12. The maximum atomic E-state index is 12.9. The molecule has 0 bridgehead atoms. The van der Waals surface area contributed by atoms with Crippen molar-refractivity contribution in [3.63, 3.8) is 0 Å². The molecule has 4 aromatic rings. The number of fused-ring (bicyclic) bond motifs is 2. The van der Waals surface area contributed by atoms with Gasteiger partial charge in [0, 0.05) is 27.2 Å². The van der Waals surface area contributed by atoms with Gasteiger partial charge in [-0.1, -0.05) is 46.2 Å². The molecule has 1 aliphatic rings. The van der Waals surface area contributed by atoms with Crippen molar-refractivity contribution in [3.05, 3.63) is 54.1 Å². The number of hydrogen-bond donors (Lipinski definition) is 1. The van der Waals surface area contributed by atoms with Crippen LogP contribution in [-0.4, -0.2) is 58.5 Å². The highest BCUT2D eigenvalue weighted by Gasteiger charge is 2.31. The molecule has 2 aromatic carbocycles. The molecule has 0 radical (unpaired) electrons. The van der Waals surface area contributed by atoms with Crippen molar-refractivity contribution in [1.82, 2.24) is 23.8 Å². The van der Waals surface area contributed by atoms with Crippen LogP contribution in [0.25, 0.3) is 22.1 Å². The Labute approximate surface area is 222 Å². The van der Waals surface area contributed by atoms with Gasteiger partial charge in [0.15, 0.2) is 0 Å². The van der Waals surface area contributed by atoms with Gasteiger partial charge in [-0.15, -0.1) is 0 Å². The molecule has 37 heavy (non-hydrogen) atoms. The number of hydrogen-bond acceptors (Lipinski definition) is 5. The molecule has 8 nitrogen and oxygen atoms in total. The maximum Gasteiger partial charge on any atom is 0.243 e. The average Bonchev–Trinajstić information content (AvgIpc) is 3.54. The molecule has 1 aliphatic heterocycles. The van der Waals surface area contributed by atoms with Gasteiger partial charge in [0.2, 0.25) is 10.0 Å². The highest BCUT2D eigenvalue weighted by molar-refractivity contribution is 7.89. The van der Waals surface area contributed by atoms with E-state index in [0.29, 0.717) is 23.5 Å². The number of nitrogens with zero attached hydrogens (tertiary/aromatic N) is 4. The number of benzene rings is 2. The summed E-state index contributed by atoms with van der Waals surface area (Å²) in [6.45, 7) is 13.1. The predicted molar refractivity (Wildman–Crippen MR) is 152 cm³/mol. The maximum absolute atomic E-state index is 12.9. The number of H-pyrrole nitrogens is 1. The van der Waals surface area contributed by atoms with E-state index in [4.69, 9.17) is 4.74 Å². The summed E-state index contributed by atoms with van der Waals surface area (Å²) in [5.41, 5.74) is 5.80. The van der Waals surface area contributed by atoms with E-state index in [1.807, 2.05) is 50.6 Å². The van der Waals surface area contributed by atoms with Gasteiger partial charge in [0.1, 0.15) is 0 Å². The van der Waals surface area contributed by atoms with E-state index in [0.717, 1.165) is 34.9 Å². The normalized spacial score (nSPS) is 14.3. The summed E-state index contributed by atoms with van der Waals surface area (Å²) < 4.78 is 34.6. The lowest BCUT2D eigenvalue weighted by atomic mass is 10.1. The summed E-state index contributed by atoms with van der Waals surface area (Å²) >= 11 is 0. The summed E-state index contributed by atoms with van der Waals surface area (Å²) in [6.07, 6.45) is 6.31. The Morgan fingerprint density at radius 3 is 2.27 bits per heavy atom. The predicted octanol–water partition coefficient (Wildman–Crippen LogP) is 6.00. The van der Waals surface area contributed by atoms with Crippen molar-refractivity contribution in [2.45, 2.75) is 71.8 Å². The molecule has 0 aliphatic carbocycles. The van der Waals surface area contributed by atoms with E-state index >= 15 is 0 Å². The molecule has 5 rings (SSSR count). The first-order valence-electron chi connectivity index (χ1n) is 13.1. The minimum Gasteiger partial charge on any atom is -0.381 e. The topological polar surface area (TPSA) is 93.1 Å². The van der Waals surface area contributed by atoms with Crippen LogP contribution in [0.2, 0.25) is 0 Å². The number of aryl methyl sites for hydroxylation is 3. The molecule has 0 atom stereocenters. The fourth-order valence-electron chi connectivity index (χ4n) is 4.16. The van der Waals surface area contributed by atoms with Crippen molar-refractivity contribution in [3.8, 4) is 0 Å². The Bertz CT molecular complexity index is 1350. The lowest BCUT2D eigenvalue weighted by molar-refractivity contribution is 0.0604. The molecular formula is C28H43N5O3S. The molecule has 1 fully saturated rings. The molecule has 2 aromatic heterocycles. The molecule has 0 unspecified atom stereocenters.